The Labute approximate surface area is 97.2 Å². The van der Waals surface area contributed by atoms with E-state index in [0.29, 0.717) is 37.4 Å². The standard InChI is InChI=1S/C9H18N2O3S2/c12-15(7-5-10-6-8-15)11-16(13,14)9-3-1-2-4-9/h9-10H,1-8H2. The molecule has 0 bridgehead atoms. The van der Waals surface area contributed by atoms with Crippen molar-refractivity contribution < 1.29 is 12.6 Å². The van der Waals surface area contributed by atoms with E-state index in [-0.39, 0.29) is 5.25 Å². The number of nitrogens with zero attached hydrogens (tertiary/aromatic N) is 1. The SMILES string of the molecule is O=S(=O)(N=S1(=O)CCNCC1)C1CCCC1. The average Bonchev–Trinajstić information content (AvgIpc) is 2.70. The molecule has 0 amide bonds. The second-order valence-electron chi connectivity index (χ2n) is 4.43. The highest BCUT2D eigenvalue weighted by atomic mass is 32.3. The Balaban J connectivity index is 2.24. The van der Waals surface area contributed by atoms with E-state index >= 15 is 0 Å². The fourth-order valence-corrected chi connectivity index (χ4v) is 6.86. The molecule has 0 aromatic rings. The molecule has 0 spiro atoms. The highest BCUT2D eigenvalue weighted by molar-refractivity contribution is 8.03. The molecule has 1 saturated carbocycles. The first kappa shape index (κ1) is 12.3. The summed E-state index contributed by atoms with van der Waals surface area (Å²) in [5, 5.41) is 2.69. The maximum absolute atomic E-state index is 12.2. The molecule has 0 atom stereocenters. The Morgan fingerprint density at radius 1 is 1.12 bits per heavy atom. The minimum absolute atomic E-state index is 0.360. The van der Waals surface area contributed by atoms with Crippen molar-refractivity contribution in [2.45, 2.75) is 30.9 Å². The van der Waals surface area contributed by atoms with Crippen molar-refractivity contribution >= 4 is 19.8 Å². The molecule has 16 heavy (non-hydrogen) atoms. The van der Waals surface area contributed by atoms with Crippen LogP contribution in [-0.4, -0.2) is 42.5 Å². The Morgan fingerprint density at radius 2 is 1.69 bits per heavy atom. The van der Waals surface area contributed by atoms with Crippen LogP contribution in [-0.2, 0) is 19.8 Å². The molecular formula is C9H18N2O3S2. The van der Waals surface area contributed by atoms with Gasteiger partial charge in [-0.15, -0.1) is 3.77 Å². The van der Waals surface area contributed by atoms with Gasteiger partial charge in [-0.25, -0.2) is 12.6 Å². The fourth-order valence-electron chi connectivity index (χ4n) is 2.20. The van der Waals surface area contributed by atoms with Crippen LogP contribution in [0.3, 0.4) is 0 Å². The van der Waals surface area contributed by atoms with Gasteiger partial charge in [0.15, 0.2) is 0 Å². The molecule has 1 aliphatic heterocycles. The van der Waals surface area contributed by atoms with E-state index in [1.807, 2.05) is 0 Å². The molecule has 2 rings (SSSR count). The molecule has 1 aliphatic carbocycles. The summed E-state index contributed by atoms with van der Waals surface area (Å²) in [4.78, 5) is 0. The van der Waals surface area contributed by atoms with Gasteiger partial charge in [0, 0.05) is 24.6 Å². The molecule has 0 aromatic carbocycles. The van der Waals surface area contributed by atoms with Gasteiger partial charge in [-0.1, -0.05) is 12.8 Å². The molecule has 0 radical (unpaired) electrons. The second kappa shape index (κ2) is 4.62. The summed E-state index contributed by atoms with van der Waals surface area (Å²) in [5.41, 5.74) is 0. The monoisotopic (exact) mass is 266 g/mol. The van der Waals surface area contributed by atoms with Gasteiger partial charge in [0.1, 0.15) is 0 Å². The maximum Gasteiger partial charge on any atom is 0.263 e. The number of sulfonamides is 1. The first-order chi connectivity index (χ1) is 7.52. The number of nitrogens with one attached hydrogen (secondary N) is 1. The zero-order chi connectivity index (χ0) is 11.6. The van der Waals surface area contributed by atoms with Crippen LogP contribution in [0.15, 0.2) is 3.77 Å². The molecule has 1 saturated heterocycles. The summed E-state index contributed by atoms with van der Waals surface area (Å²) >= 11 is 0. The lowest BCUT2D eigenvalue weighted by Crippen LogP contribution is -2.36. The third kappa shape index (κ3) is 2.75. The molecule has 94 valence electrons. The van der Waals surface area contributed by atoms with Gasteiger partial charge >= 0.3 is 0 Å². The summed E-state index contributed by atoms with van der Waals surface area (Å²) in [6.45, 7) is 1.20. The lowest BCUT2D eigenvalue weighted by Gasteiger charge is -2.17. The van der Waals surface area contributed by atoms with Crippen molar-refractivity contribution in [3.63, 3.8) is 0 Å². The zero-order valence-electron chi connectivity index (χ0n) is 9.22. The van der Waals surface area contributed by atoms with E-state index in [0.717, 1.165) is 12.8 Å². The summed E-state index contributed by atoms with van der Waals surface area (Å²) in [7, 11) is -6.01. The molecule has 5 nitrogen and oxygen atoms in total. The van der Waals surface area contributed by atoms with Gasteiger partial charge in [-0.3, -0.25) is 0 Å². The lowest BCUT2D eigenvalue weighted by molar-refractivity contribution is 0.581. The van der Waals surface area contributed by atoms with Crippen molar-refractivity contribution in [3.05, 3.63) is 0 Å². The second-order valence-corrected chi connectivity index (χ2v) is 9.08. The minimum Gasteiger partial charge on any atom is -0.315 e. The van der Waals surface area contributed by atoms with Gasteiger partial charge in [0.2, 0.25) is 0 Å². The molecule has 7 heteroatoms. The van der Waals surface area contributed by atoms with Crippen molar-refractivity contribution in [2.24, 2.45) is 3.77 Å². The van der Waals surface area contributed by atoms with Crippen LogP contribution in [0.4, 0.5) is 0 Å². The van der Waals surface area contributed by atoms with Crippen molar-refractivity contribution in [1.29, 1.82) is 0 Å². The summed E-state index contributed by atoms with van der Waals surface area (Å²) in [6.07, 6.45) is 3.25. The first-order valence-electron chi connectivity index (χ1n) is 5.70. The van der Waals surface area contributed by atoms with Gasteiger partial charge in [0.05, 0.1) is 15.0 Å². The van der Waals surface area contributed by atoms with Gasteiger partial charge < -0.3 is 5.32 Å². The average molecular weight is 266 g/mol. The highest BCUT2D eigenvalue weighted by Crippen LogP contribution is 2.26. The van der Waals surface area contributed by atoms with E-state index in [1.54, 1.807) is 0 Å². The quantitative estimate of drug-likeness (QED) is 0.781. The van der Waals surface area contributed by atoms with Gasteiger partial charge in [-0.2, -0.15) is 0 Å². The van der Waals surface area contributed by atoms with Crippen LogP contribution in [0.2, 0.25) is 0 Å². The molecule has 2 fully saturated rings. The van der Waals surface area contributed by atoms with E-state index in [4.69, 9.17) is 0 Å². The Hall–Kier alpha value is -0.140. The number of hydrogen-bond donors (Lipinski definition) is 1. The molecular weight excluding hydrogens is 248 g/mol. The van der Waals surface area contributed by atoms with Crippen LogP contribution in [0.25, 0.3) is 0 Å². The van der Waals surface area contributed by atoms with Crippen LogP contribution < -0.4 is 5.32 Å². The van der Waals surface area contributed by atoms with Crippen molar-refractivity contribution in [1.82, 2.24) is 5.32 Å². The molecule has 0 aromatic heterocycles. The normalized spacial score (nSPS) is 26.8. The third-order valence-corrected chi connectivity index (χ3v) is 8.07. The fraction of sp³-hybridized carbons (Fsp3) is 1.00. The molecule has 1 heterocycles. The van der Waals surface area contributed by atoms with E-state index in [9.17, 15) is 12.6 Å². The molecule has 2 aliphatic rings. The molecule has 1 N–H and O–H groups in total. The predicted octanol–water partition coefficient (Wildman–Crippen LogP) is 0.330. The highest BCUT2D eigenvalue weighted by Gasteiger charge is 2.30. The van der Waals surface area contributed by atoms with Crippen LogP contribution in [0.1, 0.15) is 25.7 Å². The zero-order valence-corrected chi connectivity index (χ0v) is 10.9. The smallest absolute Gasteiger partial charge is 0.263 e. The van der Waals surface area contributed by atoms with Crippen LogP contribution in [0, 0.1) is 0 Å². The minimum atomic E-state index is -3.50. The first-order valence-corrected chi connectivity index (χ1v) is 9.06. The summed E-state index contributed by atoms with van der Waals surface area (Å²) in [6, 6.07) is 0. The summed E-state index contributed by atoms with van der Waals surface area (Å²) < 4.78 is 39.8. The maximum atomic E-state index is 12.2. The van der Waals surface area contributed by atoms with Gasteiger partial charge in [-0.05, 0) is 12.8 Å². The Bertz CT molecular complexity index is 445. The summed E-state index contributed by atoms with van der Waals surface area (Å²) in [5.74, 6) is 0.720. The number of rotatable bonds is 2. The van der Waals surface area contributed by atoms with Crippen molar-refractivity contribution in [3.8, 4) is 0 Å². The van der Waals surface area contributed by atoms with Crippen LogP contribution in [0.5, 0.6) is 0 Å². The topological polar surface area (TPSA) is 75.6 Å². The lowest BCUT2D eigenvalue weighted by atomic mass is 10.4. The molecule has 0 unspecified atom stereocenters. The van der Waals surface area contributed by atoms with Crippen LogP contribution >= 0.6 is 0 Å². The van der Waals surface area contributed by atoms with E-state index in [1.165, 1.54) is 0 Å². The van der Waals surface area contributed by atoms with E-state index < -0.39 is 19.8 Å². The van der Waals surface area contributed by atoms with Gasteiger partial charge in [0.25, 0.3) is 10.0 Å². The third-order valence-electron chi connectivity index (χ3n) is 3.16. The predicted molar refractivity (Wildman–Crippen MR) is 64.3 cm³/mol. The number of hydrogen-bond acceptors (Lipinski definition) is 4. The van der Waals surface area contributed by atoms with Crippen molar-refractivity contribution in [2.75, 3.05) is 24.6 Å². The Morgan fingerprint density at radius 3 is 2.25 bits per heavy atom. The Kier molecular flexibility index (Phi) is 3.56. The van der Waals surface area contributed by atoms with E-state index in [2.05, 4.69) is 9.08 Å². The largest absolute Gasteiger partial charge is 0.315 e.